The Bertz CT molecular complexity index is 400. The first-order chi connectivity index (χ1) is 9.12. The Labute approximate surface area is 119 Å². The summed E-state index contributed by atoms with van der Waals surface area (Å²) in [6, 6.07) is 0. The lowest BCUT2D eigenvalue weighted by molar-refractivity contribution is -0.142. The van der Waals surface area contributed by atoms with Crippen LogP contribution in [0.5, 0.6) is 0 Å². The van der Waals surface area contributed by atoms with Gasteiger partial charge in [-0.05, 0) is 5.92 Å². The number of nitrogens with zero attached hydrogens (tertiary/aromatic N) is 1. The second-order valence-corrected chi connectivity index (χ2v) is 6.48. The van der Waals surface area contributed by atoms with E-state index in [0.29, 0.717) is 6.54 Å². The summed E-state index contributed by atoms with van der Waals surface area (Å²) in [5.41, 5.74) is -0.473. The molecule has 20 heavy (non-hydrogen) atoms. The Morgan fingerprint density at radius 2 is 1.85 bits per heavy atom. The molecule has 114 valence electrons. The maximum Gasteiger partial charge on any atom is 0.308 e. The fourth-order valence-electron chi connectivity index (χ4n) is 2.20. The van der Waals surface area contributed by atoms with Crippen molar-refractivity contribution in [2.45, 2.75) is 34.1 Å². The summed E-state index contributed by atoms with van der Waals surface area (Å²) in [5.74, 6) is -1.56. The van der Waals surface area contributed by atoms with Gasteiger partial charge in [-0.2, -0.15) is 0 Å². The molecule has 0 aromatic carbocycles. The van der Waals surface area contributed by atoms with Gasteiger partial charge in [-0.1, -0.05) is 27.7 Å². The summed E-state index contributed by atoms with van der Waals surface area (Å²) in [4.78, 5) is 36.2. The predicted octanol–water partition coefficient (Wildman–Crippen LogP) is 0.718. The van der Waals surface area contributed by atoms with Crippen LogP contribution in [-0.2, 0) is 14.4 Å². The van der Waals surface area contributed by atoms with Crippen molar-refractivity contribution in [1.82, 2.24) is 10.2 Å². The molecule has 0 aromatic heterocycles. The van der Waals surface area contributed by atoms with Crippen LogP contribution in [0.3, 0.4) is 0 Å². The standard InChI is InChI=1S/C14H24N2O4/c1-9-7-16(8-10(9)12(18)19)11(17)5-6-15-13(20)14(2,3)4/h9-10H,5-8H2,1-4H3,(H,15,20)(H,18,19). The normalized spacial score (nSPS) is 22.7. The van der Waals surface area contributed by atoms with E-state index in [9.17, 15) is 14.4 Å². The van der Waals surface area contributed by atoms with Crippen LogP contribution < -0.4 is 5.32 Å². The molecule has 1 fully saturated rings. The number of aliphatic carboxylic acids is 1. The van der Waals surface area contributed by atoms with E-state index in [1.165, 1.54) is 0 Å². The number of hydrogen-bond donors (Lipinski definition) is 2. The largest absolute Gasteiger partial charge is 0.481 e. The molecule has 0 saturated carbocycles. The van der Waals surface area contributed by atoms with Crippen molar-refractivity contribution in [3.8, 4) is 0 Å². The van der Waals surface area contributed by atoms with Crippen LogP contribution in [0.1, 0.15) is 34.1 Å². The van der Waals surface area contributed by atoms with Crippen molar-refractivity contribution in [2.75, 3.05) is 19.6 Å². The lowest BCUT2D eigenvalue weighted by Gasteiger charge is -2.19. The van der Waals surface area contributed by atoms with Gasteiger partial charge in [0, 0.05) is 31.5 Å². The van der Waals surface area contributed by atoms with Gasteiger partial charge in [-0.15, -0.1) is 0 Å². The average molecular weight is 284 g/mol. The van der Waals surface area contributed by atoms with Crippen molar-refractivity contribution in [2.24, 2.45) is 17.3 Å². The minimum atomic E-state index is -0.853. The van der Waals surface area contributed by atoms with E-state index in [1.807, 2.05) is 27.7 Å². The molecule has 6 heteroatoms. The Morgan fingerprint density at radius 3 is 2.30 bits per heavy atom. The second-order valence-electron chi connectivity index (χ2n) is 6.48. The summed E-state index contributed by atoms with van der Waals surface area (Å²) < 4.78 is 0. The first kappa shape index (κ1) is 16.5. The highest BCUT2D eigenvalue weighted by atomic mass is 16.4. The van der Waals surface area contributed by atoms with Crippen LogP contribution in [0, 0.1) is 17.3 Å². The minimum absolute atomic E-state index is 0.0272. The number of hydrogen-bond acceptors (Lipinski definition) is 3. The zero-order valence-electron chi connectivity index (χ0n) is 12.6. The zero-order valence-corrected chi connectivity index (χ0v) is 12.6. The van der Waals surface area contributed by atoms with Crippen LogP contribution in [0.15, 0.2) is 0 Å². The topological polar surface area (TPSA) is 86.7 Å². The number of carbonyl (C=O) groups is 3. The third-order valence-corrected chi connectivity index (χ3v) is 3.59. The number of carboxylic acid groups (broad SMARTS) is 1. The SMILES string of the molecule is CC1CN(C(=O)CCNC(=O)C(C)(C)C)CC1C(=O)O. The number of nitrogens with one attached hydrogen (secondary N) is 1. The van der Waals surface area contributed by atoms with Gasteiger partial charge < -0.3 is 15.3 Å². The number of rotatable bonds is 4. The molecule has 0 aliphatic carbocycles. The molecule has 6 nitrogen and oxygen atoms in total. The van der Waals surface area contributed by atoms with Crippen molar-refractivity contribution >= 4 is 17.8 Å². The maximum atomic E-state index is 12.0. The predicted molar refractivity (Wildman–Crippen MR) is 74.0 cm³/mol. The Morgan fingerprint density at radius 1 is 1.25 bits per heavy atom. The van der Waals surface area contributed by atoms with Crippen molar-refractivity contribution < 1.29 is 19.5 Å². The van der Waals surface area contributed by atoms with Gasteiger partial charge in [0.05, 0.1) is 5.92 Å². The molecule has 0 spiro atoms. The lowest BCUT2D eigenvalue weighted by Crippen LogP contribution is -2.38. The zero-order chi connectivity index (χ0) is 15.5. The summed E-state index contributed by atoms with van der Waals surface area (Å²) >= 11 is 0. The van der Waals surface area contributed by atoms with Crippen molar-refractivity contribution in [3.05, 3.63) is 0 Å². The van der Waals surface area contributed by atoms with E-state index < -0.39 is 17.3 Å². The third-order valence-electron chi connectivity index (χ3n) is 3.59. The molecule has 2 amide bonds. The second kappa shape index (κ2) is 6.24. The van der Waals surface area contributed by atoms with E-state index in [0.717, 1.165) is 0 Å². The fraction of sp³-hybridized carbons (Fsp3) is 0.786. The molecule has 2 N–H and O–H groups in total. The highest BCUT2D eigenvalue weighted by Crippen LogP contribution is 2.23. The van der Waals surface area contributed by atoms with E-state index in [4.69, 9.17) is 5.11 Å². The monoisotopic (exact) mass is 284 g/mol. The average Bonchev–Trinajstić information content (AvgIpc) is 2.70. The minimum Gasteiger partial charge on any atom is -0.481 e. The summed E-state index contributed by atoms with van der Waals surface area (Å²) in [6.45, 7) is 8.30. The van der Waals surface area contributed by atoms with Crippen molar-refractivity contribution in [1.29, 1.82) is 0 Å². The number of carboxylic acids is 1. The summed E-state index contributed by atoms with van der Waals surface area (Å²) in [6.07, 6.45) is 0.209. The van der Waals surface area contributed by atoms with Crippen molar-refractivity contribution in [3.63, 3.8) is 0 Å². The molecule has 1 aliphatic rings. The molecular weight excluding hydrogens is 260 g/mol. The van der Waals surface area contributed by atoms with Gasteiger partial charge >= 0.3 is 5.97 Å². The summed E-state index contributed by atoms with van der Waals surface area (Å²) in [7, 11) is 0. The Kier molecular flexibility index (Phi) is 5.14. The molecule has 2 unspecified atom stereocenters. The molecule has 1 aliphatic heterocycles. The van der Waals surface area contributed by atoms with Gasteiger partial charge in [0.1, 0.15) is 0 Å². The first-order valence-corrected chi connectivity index (χ1v) is 6.92. The van der Waals surface area contributed by atoms with Gasteiger partial charge in [0.25, 0.3) is 0 Å². The molecule has 0 radical (unpaired) electrons. The maximum absolute atomic E-state index is 12.0. The molecule has 1 saturated heterocycles. The van der Waals surface area contributed by atoms with Gasteiger partial charge in [0.15, 0.2) is 0 Å². The van der Waals surface area contributed by atoms with Gasteiger partial charge in [-0.25, -0.2) is 0 Å². The molecular formula is C14H24N2O4. The fourth-order valence-corrected chi connectivity index (χ4v) is 2.20. The smallest absolute Gasteiger partial charge is 0.308 e. The number of carbonyl (C=O) groups excluding carboxylic acids is 2. The lowest BCUT2D eigenvalue weighted by atomic mass is 9.96. The van der Waals surface area contributed by atoms with E-state index in [2.05, 4.69) is 5.32 Å². The molecule has 2 atom stereocenters. The number of amides is 2. The Hall–Kier alpha value is -1.59. The quantitative estimate of drug-likeness (QED) is 0.796. The van der Waals surface area contributed by atoms with Gasteiger partial charge in [0.2, 0.25) is 11.8 Å². The highest BCUT2D eigenvalue weighted by molar-refractivity contribution is 5.83. The van der Waals surface area contributed by atoms with E-state index in [1.54, 1.807) is 4.90 Å². The van der Waals surface area contributed by atoms with Crippen LogP contribution in [-0.4, -0.2) is 47.4 Å². The van der Waals surface area contributed by atoms with E-state index in [-0.39, 0.29) is 37.2 Å². The summed E-state index contributed by atoms with van der Waals surface area (Å²) in [5, 5.41) is 11.7. The molecule has 0 aromatic rings. The molecule has 1 rings (SSSR count). The van der Waals surface area contributed by atoms with Gasteiger partial charge in [-0.3, -0.25) is 14.4 Å². The molecule has 0 bridgehead atoms. The first-order valence-electron chi connectivity index (χ1n) is 6.92. The highest BCUT2D eigenvalue weighted by Gasteiger charge is 2.36. The van der Waals surface area contributed by atoms with E-state index >= 15 is 0 Å². The number of likely N-dealkylation sites (tertiary alicyclic amines) is 1. The van der Waals surface area contributed by atoms with Crippen LogP contribution in [0.4, 0.5) is 0 Å². The third kappa shape index (κ3) is 4.21. The van der Waals surface area contributed by atoms with Crippen LogP contribution >= 0.6 is 0 Å². The Balaban J connectivity index is 2.38. The molecule has 1 heterocycles. The van der Waals surface area contributed by atoms with Crippen LogP contribution in [0.2, 0.25) is 0 Å². The van der Waals surface area contributed by atoms with Crippen LogP contribution in [0.25, 0.3) is 0 Å².